The maximum absolute atomic E-state index is 2.44. The quantitative estimate of drug-likeness (QED) is 0.427. The van der Waals surface area contributed by atoms with Crippen molar-refractivity contribution in [2.45, 2.75) is 38.4 Å². The van der Waals surface area contributed by atoms with E-state index >= 15 is 0 Å². The number of rotatable bonds is 4. The Morgan fingerprint density at radius 3 is 2.20 bits per heavy atom. The molecule has 0 spiro atoms. The normalized spacial score (nSPS) is 12.0. The highest BCUT2D eigenvalue weighted by atomic mass is 127. The Balaban J connectivity index is 3.04. The Kier molecular flexibility index (Phi) is 6.31. The zero-order chi connectivity index (χ0) is 8.04. The summed E-state index contributed by atoms with van der Waals surface area (Å²) in [7, 11) is 0. The van der Waals surface area contributed by atoms with Crippen LogP contribution in [0.3, 0.4) is 0 Å². The minimum absolute atomic E-state index is 0.464. The number of unbranched alkanes of at least 4 members (excludes halogenated alkanes) is 1. The van der Waals surface area contributed by atoms with Crippen LogP contribution in [0.25, 0.3) is 0 Å². The maximum atomic E-state index is 2.44. The van der Waals surface area contributed by atoms with Crippen molar-refractivity contribution in [2.24, 2.45) is 0 Å². The van der Waals surface area contributed by atoms with Crippen molar-refractivity contribution in [1.82, 2.24) is 0 Å². The minimum Gasteiger partial charge on any atom is -0.156 e. The Bertz CT molecular complexity index is 75.8. The third-order valence-electron chi connectivity index (χ3n) is 1.06. The van der Waals surface area contributed by atoms with E-state index in [9.17, 15) is 0 Å². The Morgan fingerprint density at radius 1 is 1.20 bits per heavy atom. The molecule has 0 aromatic carbocycles. The molecule has 0 aromatic heterocycles. The zero-order valence-corrected chi connectivity index (χ0v) is 10.1. The van der Waals surface area contributed by atoms with Gasteiger partial charge in [0.05, 0.1) is 0 Å². The van der Waals surface area contributed by atoms with Crippen molar-refractivity contribution in [3.63, 3.8) is 0 Å². The second kappa shape index (κ2) is 5.70. The number of halogens is 1. The molecule has 2 heteroatoms. The predicted octanol–water partition coefficient (Wildman–Crippen LogP) is 3.73. The average Bonchev–Trinajstić information content (AvgIpc) is 1.78. The monoisotopic (exact) mass is 272 g/mol. The summed E-state index contributed by atoms with van der Waals surface area (Å²) in [6.07, 6.45) is 2.76. The summed E-state index contributed by atoms with van der Waals surface area (Å²) >= 11 is 4.51. The van der Waals surface area contributed by atoms with Gasteiger partial charge in [-0.1, -0.05) is 43.4 Å². The molecule has 0 aromatic rings. The summed E-state index contributed by atoms with van der Waals surface area (Å²) in [4.78, 5) is 0. The van der Waals surface area contributed by atoms with Crippen molar-refractivity contribution in [3.8, 4) is 0 Å². The van der Waals surface area contributed by atoms with E-state index in [0.717, 1.165) is 0 Å². The van der Waals surface area contributed by atoms with Crippen LogP contribution in [0.2, 0.25) is 0 Å². The van der Waals surface area contributed by atoms with Gasteiger partial charge in [-0.3, -0.25) is 0 Å². The van der Waals surface area contributed by atoms with Gasteiger partial charge in [0.2, 0.25) is 0 Å². The fourth-order valence-corrected chi connectivity index (χ4v) is 2.08. The maximum Gasteiger partial charge on any atom is 0.00750 e. The van der Waals surface area contributed by atoms with E-state index in [2.05, 4.69) is 55.1 Å². The Morgan fingerprint density at radius 2 is 1.80 bits per heavy atom. The largest absolute Gasteiger partial charge is 0.156 e. The molecule has 0 atom stereocenters. The van der Waals surface area contributed by atoms with Gasteiger partial charge < -0.3 is 0 Å². The molecule has 10 heavy (non-hydrogen) atoms. The fraction of sp³-hybridized carbons (Fsp3) is 1.00. The molecule has 0 unspecified atom stereocenters. The molecule has 0 heterocycles. The highest BCUT2D eigenvalue weighted by Crippen LogP contribution is 2.23. The molecule has 0 saturated carbocycles. The van der Waals surface area contributed by atoms with Gasteiger partial charge in [0.1, 0.15) is 0 Å². The van der Waals surface area contributed by atoms with Crippen LogP contribution in [-0.4, -0.2) is 14.9 Å². The fourth-order valence-electron chi connectivity index (χ4n) is 0.575. The average molecular weight is 272 g/mol. The Hall–Kier alpha value is 1.08. The van der Waals surface area contributed by atoms with Crippen LogP contribution in [0.5, 0.6) is 0 Å². The van der Waals surface area contributed by atoms with E-state index in [1.54, 1.807) is 0 Å². The number of hydrogen-bond acceptors (Lipinski definition) is 1. The van der Waals surface area contributed by atoms with E-state index in [0.29, 0.717) is 4.75 Å². The van der Waals surface area contributed by atoms with E-state index in [1.807, 2.05) is 0 Å². The number of alkyl halides is 1. The lowest BCUT2D eigenvalue weighted by Crippen LogP contribution is -2.08. The molecule has 0 aliphatic heterocycles. The van der Waals surface area contributed by atoms with Crippen LogP contribution >= 0.6 is 34.4 Å². The lowest BCUT2D eigenvalue weighted by molar-refractivity contribution is 0.796. The first-order chi connectivity index (χ1) is 4.56. The van der Waals surface area contributed by atoms with Gasteiger partial charge in [-0.05, 0) is 23.0 Å². The van der Waals surface area contributed by atoms with E-state index in [-0.39, 0.29) is 0 Å². The van der Waals surface area contributed by atoms with Crippen LogP contribution in [0, 0.1) is 0 Å². The van der Waals surface area contributed by atoms with Crippen LogP contribution < -0.4 is 0 Å². The van der Waals surface area contributed by atoms with E-state index in [1.165, 1.54) is 23.0 Å². The molecule has 0 fully saturated rings. The first kappa shape index (κ1) is 11.1. The molecule has 0 amide bonds. The van der Waals surface area contributed by atoms with Gasteiger partial charge in [0.15, 0.2) is 0 Å². The molecule has 0 N–H and O–H groups in total. The molecule has 0 bridgehead atoms. The van der Waals surface area contributed by atoms with Gasteiger partial charge in [-0.2, -0.15) is 11.8 Å². The molecule has 0 saturated heterocycles. The van der Waals surface area contributed by atoms with Crippen LogP contribution in [-0.2, 0) is 0 Å². The van der Waals surface area contributed by atoms with Crippen molar-refractivity contribution in [3.05, 3.63) is 0 Å². The number of thioether (sulfide) groups is 1. The van der Waals surface area contributed by atoms with Crippen LogP contribution in [0.1, 0.15) is 33.6 Å². The van der Waals surface area contributed by atoms with Gasteiger partial charge in [0, 0.05) is 4.75 Å². The molecule has 0 radical (unpaired) electrons. The van der Waals surface area contributed by atoms with Crippen molar-refractivity contribution in [2.75, 3.05) is 10.2 Å². The highest BCUT2D eigenvalue weighted by Gasteiger charge is 2.08. The van der Waals surface area contributed by atoms with Crippen molar-refractivity contribution < 1.29 is 0 Å². The summed E-state index contributed by atoms with van der Waals surface area (Å²) in [6, 6.07) is 0. The second-order valence-corrected chi connectivity index (χ2v) is 6.36. The predicted molar refractivity (Wildman–Crippen MR) is 60.3 cm³/mol. The molecule has 0 aliphatic rings. The summed E-state index contributed by atoms with van der Waals surface area (Å²) in [5, 5.41) is 0. The van der Waals surface area contributed by atoms with Gasteiger partial charge in [-0.25, -0.2) is 0 Å². The molecule has 62 valence electrons. The Labute approximate surface area is 82.7 Å². The van der Waals surface area contributed by atoms with Crippen molar-refractivity contribution >= 4 is 34.4 Å². The number of hydrogen-bond donors (Lipinski definition) is 0. The third kappa shape index (κ3) is 9.08. The van der Waals surface area contributed by atoms with Gasteiger partial charge >= 0.3 is 0 Å². The summed E-state index contributed by atoms with van der Waals surface area (Å²) < 4.78 is 1.77. The minimum atomic E-state index is 0.464. The lowest BCUT2D eigenvalue weighted by atomic mass is 10.3. The smallest absolute Gasteiger partial charge is 0.00750 e. The lowest BCUT2D eigenvalue weighted by Gasteiger charge is -2.16. The first-order valence-corrected chi connectivity index (χ1v) is 6.27. The van der Waals surface area contributed by atoms with Gasteiger partial charge in [0.25, 0.3) is 0 Å². The first-order valence-electron chi connectivity index (χ1n) is 3.76. The zero-order valence-electron chi connectivity index (χ0n) is 7.11. The summed E-state index contributed by atoms with van der Waals surface area (Å²) in [5.41, 5.74) is 0. The van der Waals surface area contributed by atoms with Gasteiger partial charge in [-0.15, -0.1) is 0 Å². The van der Waals surface area contributed by atoms with E-state index < -0.39 is 0 Å². The standard InChI is InChI=1S/C8H17IS/c1-8(2,3)10-7-5-4-6-9/h4-7H2,1-3H3. The van der Waals surface area contributed by atoms with Crippen LogP contribution in [0.4, 0.5) is 0 Å². The SMILES string of the molecule is CC(C)(C)SCCCCI. The van der Waals surface area contributed by atoms with Crippen LogP contribution in [0.15, 0.2) is 0 Å². The third-order valence-corrected chi connectivity index (χ3v) is 3.18. The molecule has 0 rings (SSSR count). The highest BCUT2D eigenvalue weighted by molar-refractivity contribution is 14.1. The summed E-state index contributed by atoms with van der Waals surface area (Å²) in [5.74, 6) is 1.33. The molecule has 0 nitrogen and oxygen atoms in total. The second-order valence-electron chi connectivity index (χ2n) is 3.36. The van der Waals surface area contributed by atoms with E-state index in [4.69, 9.17) is 0 Å². The summed E-state index contributed by atoms with van der Waals surface area (Å²) in [6.45, 7) is 6.84. The molecular weight excluding hydrogens is 255 g/mol. The molecule has 0 aliphatic carbocycles. The molecular formula is C8H17IS. The topological polar surface area (TPSA) is 0 Å². The van der Waals surface area contributed by atoms with Crippen molar-refractivity contribution in [1.29, 1.82) is 0 Å².